The number of rotatable bonds is 4. The van der Waals surface area contributed by atoms with E-state index in [0.29, 0.717) is 18.2 Å². The summed E-state index contributed by atoms with van der Waals surface area (Å²) in [5.41, 5.74) is 1.10. The average molecular weight is 298 g/mol. The summed E-state index contributed by atoms with van der Waals surface area (Å²) in [5.74, 6) is 1.32. The topological polar surface area (TPSA) is 64.2 Å². The molecule has 2 aromatic rings. The highest BCUT2D eigenvalue weighted by Gasteiger charge is 2.30. The normalized spacial score (nSPS) is 21.8. The van der Waals surface area contributed by atoms with Crippen LogP contribution in [0.15, 0.2) is 35.1 Å². The summed E-state index contributed by atoms with van der Waals surface area (Å²) in [6.07, 6.45) is 10.3. The fraction of sp³-hybridized carbons (Fsp3) is 0.438. The van der Waals surface area contributed by atoms with Crippen LogP contribution in [0.25, 0.3) is 6.08 Å². The minimum absolute atomic E-state index is 0.0152. The maximum atomic E-state index is 12.2. The molecular formula is C16H18N4O2. The molecule has 0 N–H and O–H groups in total. The maximum absolute atomic E-state index is 12.2. The van der Waals surface area contributed by atoms with Crippen LogP contribution in [0.5, 0.6) is 0 Å². The lowest BCUT2D eigenvalue weighted by molar-refractivity contribution is -0.125. The highest BCUT2D eigenvalue weighted by atomic mass is 16.3. The summed E-state index contributed by atoms with van der Waals surface area (Å²) in [4.78, 5) is 14.0. The van der Waals surface area contributed by atoms with Crippen molar-refractivity contribution in [1.82, 2.24) is 19.9 Å². The molecule has 1 aliphatic heterocycles. The molecule has 2 fully saturated rings. The quantitative estimate of drug-likeness (QED) is 0.812. The molecule has 1 saturated heterocycles. The fourth-order valence-electron chi connectivity index (χ4n) is 2.84. The molecule has 1 aliphatic carbocycles. The Morgan fingerprint density at radius 2 is 2.27 bits per heavy atom. The molecule has 2 aromatic heterocycles. The van der Waals surface area contributed by atoms with Crippen molar-refractivity contribution >= 4 is 12.0 Å². The Labute approximate surface area is 128 Å². The van der Waals surface area contributed by atoms with Gasteiger partial charge < -0.3 is 9.32 Å². The highest BCUT2D eigenvalue weighted by Crippen LogP contribution is 2.39. The van der Waals surface area contributed by atoms with E-state index in [4.69, 9.17) is 4.42 Å². The van der Waals surface area contributed by atoms with Crippen LogP contribution in [0.1, 0.15) is 42.7 Å². The smallest absolute Gasteiger partial charge is 0.246 e. The molecule has 6 nitrogen and oxygen atoms in total. The number of nitrogens with zero attached hydrogens (tertiary/aromatic N) is 4. The van der Waals surface area contributed by atoms with E-state index < -0.39 is 0 Å². The van der Waals surface area contributed by atoms with Crippen molar-refractivity contribution in [2.75, 3.05) is 13.1 Å². The van der Waals surface area contributed by atoms with Gasteiger partial charge in [-0.15, -0.1) is 5.10 Å². The summed E-state index contributed by atoms with van der Waals surface area (Å²) < 4.78 is 7.12. The van der Waals surface area contributed by atoms with Gasteiger partial charge in [0.15, 0.2) is 0 Å². The lowest BCUT2D eigenvalue weighted by Gasteiger charge is -2.14. The predicted octanol–water partition coefficient (Wildman–Crippen LogP) is 2.24. The summed E-state index contributed by atoms with van der Waals surface area (Å²) in [6, 6.07) is 3.87. The van der Waals surface area contributed by atoms with Gasteiger partial charge in [-0.1, -0.05) is 5.21 Å². The molecule has 1 amide bonds. The summed E-state index contributed by atoms with van der Waals surface area (Å²) in [5, 5.41) is 8.48. The molecule has 114 valence electrons. The van der Waals surface area contributed by atoms with E-state index in [1.54, 1.807) is 24.5 Å². The molecule has 0 unspecified atom stereocenters. The Hall–Kier alpha value is -2.37. The third-order valence-corrected chi connectivity index (χ3v) is 4.31. The minimum Gasteiger partial charge on any atom is -0.465 e. The first-order valence-electron chi connectivity index (χ1n) is 7.72. The third kappa shape index (κ3) is 2.68. The van der Waals surface area contributed by atoms with Gasteiger partial charge in [0.2, 0.25) is 5.91 Å². The van der Waals surface area contributed by atoms with Crippen LogP contribution < -0.4 is 0 Å². The van der Waals surface area contributed by atoms with Crippen LogP contribution in [0.2, 0.25) is 0 Å². The van der Waals surface area contributed by atoms with Crippen molar-refractivity contribution in [3.05, 3.63) is 42.1 Å². The fourth-order valence-corrected chi connectivity index (χ4v) is 2.84. The Morgan fingerprint density at radius 3 is 3.05 bits per heavy atom. The Kier molecular flexibility index (Phi) is 3.29. The molecule has 1 saturated carbocycles. The number of hydrogen-bond acceptors (Lipinski definition) is 4. The SMILES string of the molecule is O=C(/C=C/c1ccco1)N1CC[C@@H](n2cc(C3CC3)nn2)C1. The van der Waals surface area contributed by atoms with Gasteiger partial charge in [0, 0.05) is 31.3 Å². The minimum atomic E-state index is 0.0152. The molecular weight excluding hydrogens is 280 g/mol. The summed E-state index contributed by atoms with van der Waals surface area (Å²) in [7, 11) is 0. The maximum Gasteiger partial charge on any atom is 0.246 e. The second kappa shape index (κ2) is 5.44. The molecule has 0 radical (unpaired) electrons. The molecule has 3 heterocycles. The molecule has 6 heteroatoms. The lowest BCUT2D eigenvalue weighted by atomic mass is 10.2. The number of aromatic nitrogens is 3. The molecule has 4 rings (SSSR count). The van der Waals surface area contributed by atoms with E-state index in [2.05, 4.69) is 16.5 Å². The van der Waals surface area contributed by atoms with E-state index >= 15 is 0 Å². The van der Waals surface area contributed by atoms with Gasteiger partial charge in [-0.2, -0.15) is 0 Å². The van der Waals surface area contributed by atoms with Crippen LogP contribution in [0, 0.1) is 0 Å². The number of hydrogen-bond donors (Lipinski definition) is 0. The second-order valence-corrected chi connectivity index (χ2v) is 5.97. The zero-order chi connectivity index (χ0) is 14.9. The van der Waals surface area contributed by atoms with E-state index in [1.807, 2.05) is 15.6 Å². The van der Waals surface area contributed by atoms with Crippen molar-refractivity contribution in [3.8, 4) is 0 Å². The van der Waals surface area contributed by atoms with Crippen molar-refractivity contribution < 1.29 is 9.21 Å². The number of carbonyl (C=O) groups excluding carboxylic acids is 1. The van der Waals surface area contributed by atoms with Crippen LogP contribution in [0.3, 0.4) is 0 Å². The van der Waals surface area contributed by atoms with Gasteiger partial charge in [-0.3, -0.25) is 4.79 Å². The largest absolute Gasteiger partial charge is 0.465 e. The number of likely N-dealkylation sites (tertiary alicyclic amines) is 1. The lowest BCUT2D eigenvalue weighted by Crippen LogP contribution is -2.27. The van der Waals surface area contributed by atoms with E-state index in [9.17, 15) is 4.79 Å². The van der Waals surface area contributed by atoms with Crippen molar-refractivity contribution in [3.63, 3.8) is 0 Å². The molecule has 1 atom stereocenters. The number of carbonyl (C=O) groups is 1. The van der Waals surface area contributed by atoms with Crippen molar-refractivity contribution in [2.45, 2.75) is 31.2 Å². The van der Waals surface area contributed by atoms with Crippen LogP contribution >= 0.6 is 0 Å². The zero-order valence-electron chi connectivity index (χ0n) is 12.3. The molecule has 2 aliphatic rings. The van der Waals surface area contributed by atoms with Crippen molar-refractivity contribution in [2.24, 2.45) is 0 Å². The van der Waals surface area contributed by atoms with E-state index in [1.165, 1.54) is 12.8 Å². The standard InChI is InChI=1S/C16H18N4O2/c21-16(6-5-14-2-1-9-22-14)19-8-7-13(10-19)20-11-15(17-18-20)12-3-4-12/h1-2,5-6,9,11-13H,3-4,7-8,10H2/b6-5+/t13-/m1/s1. The van der Waals surface area contributed by atoms with Gasteiger partial charge in [-0.05, 0) is 37.5 Å². The first kappa shape index (κ1) is 13.3. The highest BCUT2D eigenvalue weighted by molar-refractivity contribution is 5.91. The van der Waals surface area contributed by atoms with Gasteiger partial charge in [0.05, 0.1) is 18.0 Å². The summed E-state index contributed by atoms with van der Waals surface area (Å²) >= 11 is 0. The van der Waals surface area contributed by atoms with Crippen LogP contribution in [-0.2, 0) is 4.79 Å². The van der Waals surface area contributed by atoms with Crippen molar-refractivity contribution in [1.29, 1.82) is 0 Å². The number of amides is 1. The molecule has 22 heavy (non-hydrogen) atoms. The molecule has 0 spiro atoms. The number of furan rings is 1. The molecule has 0 aromatic carbocycles. The Balaban J connectivity index is 1.37. The Bertz CT molecular complexity index is 685. The van der Waals surface area contributed by atoms with Gasteiger partial charge in [0.1, 0.15) is 5.76 Å². The third-order valence-electron chi connectivity index (χ3n) is 4.31. The summed E-state index contributed by atoms with van der Waals surface area (Å²) in [6.45, 7) is 1.44. The van der Waals surface area contributed by atoms with E-state index in [0.717, 1.165) is 18.7 Å². The second-order valence-electron chi connectivity index (χ2n) is 5.97. The first-order valence-corrected chi connectivity index (χ1v) is 7.72. The van der Waals surface area contributed by atoms with Gasteiger partial charge in [0.25, 0.3) is 0 Å². The average Bonchev–Trinajstić information content (AvgIpc) is 3.02. The van der Waals surface area contributed by atoms with Gasteiger partial charge >= 0.3 is 0 Å². The predicted molar refractivity (Wildman–Crippen MR) is 80.0 cm³/mol. The zero-order valence-corrected chi connectivity index (χ0v) is 12.3. The Morgan fingerprint density at radius 1 is 1.36 bits per heavy atom. The van der Waals surface area contributed by atoms with E-state index in [-0.39, 0.29) is 11.9 Å². The monoisotopic (exact) mass is 298 g/mol. The molecule has 0 bridgehead atoms. The van der Waals surface area contributed by atoms with Gasteiger partial charge in [-0.25, -0.2) is 4.68 Å². The van der Waals surface area contributed by atoms with Crippen LogP contribution in [0.4, 0.5) is 0 Å². The van der Waals surface area contributed by atoms with Crippen LogP contribution in [-0.4, -0.2) is 38.9 Å². The first-order chi connectivity index (χ1) is 10.8.